The van der Waals surface area contributed by atoms with Crippen LogP contribution in [0.25, 0.3) is 0 Å². The Kier molecular flexibility index (Phi) is 7.14. The Hall–Kier alpha value is -0.960. The molecule has 0 aliphatic carbocycles. The van der Waals surface area contributed by atoms with Gasteiger partial charge < -0.3 is 10.1 Å². The number of carbonyl (C=O) groups excluding carboxylic acids is 1. The Morgan fingerprint density at radius 1 is 1.30 bits per heavy atom. The highest BCUT2D eigenvalue weighted by Crippen LogP contribution is 2.12. The van der Waals surface area contributed by atoms with Crippen molar-refractivity contribution in [1.82, 2.24) is 10.0 Å². The number of nitrogens with one attached hydrogen (secondary N) is 2. The van der Waals surface area contributed by atoms with Crippen molar-refractivity contribution in [2.24, 2.45) is 0 Å². The molecule has 0 saturated carbocycles. The average Bonchev–Trinajstić information content (AvgIpc) is 2.39. The SMILES string of the molecule is COCCNC(=O)CNS(=O)(=O)Cc1ccc(Br)cc1. The highest BCUT2D eigenvalue weighted by atomic mass is 79.9. The smallest absolute Gasteiger partial charge is 0.235 e. The molecule has 0 aliphatic rings. The zero-order valence-electron chi connectivity index (χ0n) is 11.1. The Morgan fingerprint density at radius 2 is 1.95 bits per heavy atom. The van der Waals surface area contributed by atoms with Gasteiger partial charge in [0.25, 0.3) is 0 Å². The van der Waals surface area contributed by atoms with E-state index in [1.54, 1.807) is 24.3 Å². The van der Waals surface area contributed by atoms with Crippen LogP contribution < -0.4 is 10.0 Å². The summed E-state index contributed by atoms with van der Waals surface area (Å²) in [5, 5.41) is 2.53. The second-order valence-corrected chi connectivity index (χ2v) is 6.77. The van der Waals surface area contributed by atoms with Crippen molar-refractivity contribution in [3.05, 3.63) is 34.3 Å². The summed E-state index contributed by atoms with van der Waals surface area (Å²) in [7, 11) is -2.01. The van der Waals surface area contributed by atoms with Crippen molar-refractivity contribution >= 4 is 31.9 Å². The first kappa shape index (κ1) is 17.1. The van der Waals surface area contributed by atoms with Gasteiger partial charge >= 0.3 is 0 Å². The van der Waals surface area contributed by atoms with Crippen molar-refractivity contribution in [2.45, 2.75) is 5.75 Å². The number of amides is 1. The summed E-state index contributed by atoms with van der Waals surface area (Å²) in [5.74, 6) is -0.549. The summed E-state index contributed by atoms with van der Waals surface area (Å²) >= 11 is 3.28. The minimum absolute atomic E-state index is 0.161. The number of methoxy groups -OCH3 is 1. The quantitative estimate of drug-likeness (QED) is 0.662. The third kappa shape index (κ3) is 6.99. The topological polar surface area (TPSA) is 84.5 Å². The first-order chi connectivity index (χ1) is 9.43. The number of rotatable bonds is 8. The van der Waals surface area contributed by atoms with Crippen LogP contribution in [0.5, 0.6) is 0 Å². The molecule has 112 valence electrons. The maximum atomic E-state index is 11.8. The molecule has 0 radical (unpaired) electrons. The molecule has 0 heterocycles. The number of ether oxygens (including phenoxy) is 1. The predicted octanol–water partition coefficient (Wildman–Crippen LogP) is 0.631. The van der Waals surface area contributed by atoms with Gasteiger partial charge in [-0.05, 0) is 17.7 Å². The normalized spacial score (nSPS) is 11.3. The molecule has 0 bridgehead atoms. The Morgan fingerprint density at radius 3 is 2.55 bits per heavy atom. The van der Waals surface area contributed by atoms with Gasteiger partial charge in [0.05, 0.1) is 18.9 Å². The van der Waals surface area contributed by atoms with Crippen LogP contribution >= 0.6 is 15.9 Å². The molecule has 1 amide bonds. The van der Waals surface area contributed by atoms with Gasteiger partial charge in [-0.15, -0.1) is 0 Å². The van der Waals surface area contributed by atoms with Crippen LogP contribution in [0.1, 0.15) is 5.56 Å². The summed E-state index contributed by atoms with van der Waals surface area (Å²) in [5.41, 5.74) is 0.653. The lowest BCUT2D eigenvalue weighted by Gasteiger charge is -2.07. The van der Waals surface area contributed by atoms with Gasteiger partial charge in [-0.1, -0.05) is 28.1 Å². The van der Waals surface area contributed by atoms with Crippen LogP contribution in [-0.2, 0) is 25.3 Å². The fraction of sp³-hybridized carbons (Fsp3) is 0.417. The maximum absolute atomic E-state index is 11.8. The molecule has 1 rings (SSSR count). The van der Waals surface area contributed by atoms with Crippen LogP contribution in [0.4, 0.5) is 0 Å². The van der Waals surface area contributed by atoms with Crippen LogP contribution in [0.3, 0.4) is 0 Å². The monoisotopic (exact) mass is 364 g/mol. The van der Waals surface area contributed by atoms with Crippen LogP contribution in [0.2, 0.25) is 0 Å². The summed E-state index contributed by atoms with van der Waals surface area (Å²) in [4.78, 5) is 11.4. The molecular formula is C12H17BrN2O4S. The summed E-state index contributed by atoms with van der Waals surface area (Å²) in [6.07, 6.45) is 0. The summed E-state index contributed by atoms with van der Waals surface area (Å²) in [6.45, 7) is 0.462. The number of hydrogen-bond donors (Lipinski definition) is 2. The van der Waals surface area contributed by atoms with Crippen molar-refractivity contribution in [2.75, 3.05) is 26.8 Å². The van der Waals surface area contributed by atoms with E-state index in [0.717, 1.165) is 4.47 Å². The van der Waals surface area contributed by atoms with Gasteiger partial charge in [-0.3, -0.25) is 4.79 Å². The third-order valence-corrected chi connectivity index (χ3v) is 4.18. The number of hydrogen-bond acceptors (Lipinski definition) is 4. The summed E-state index contributed by atoms with van der Waals surface area (Å²) < 4.78 is 31.5. The van der Waals surface area contributed by atoms with Gasteiger partial charge in [0, 0.05) is 18.1 Å². The molecule has 0 aromatic heterocycles. The fourth-order valence-corrected chi connectivity index (χ4v) is 2.73. The minimum atomic E-state index is -3.53. The Labute approximate surface area is 127 Å². The van der Waals surface area contributed by atoms with Crippen LogP contribution in [0.15, 0.2) is 28.7 Å². The molecule has 0 aliphatic heterocycles. The molecule has 0 unspecified atom stereocenters. The molecule has 20 heavy (non-hydrogen) atoms. The predicted molar refractivity (Wildman–Crippen MR) is 79.7 cm³/mol. The molecule has 1 aromatic rings. The Bertz CT molecular complexity index is 531. The summed E-state index contributed by atoms with van der Waals surface area (Å²) in [6, 6.07) is 6.95. The van der Waals surface area contributed by atoms with Crippen molar-refractivity contribution in [1.29, 1.82) is 0 Å². The van der Waals surface area contributed by atoms with Crippen molar-refractivity contribution in [3.8, 4) is 0 Å². The number of benzene rings is 1. The van der Waals surface area contributed by atoms with Gasteiger partial charge in [0.15, 0.2) is 0 Å². The lowest BCUT2D eigenvalue weighted by molar-refractivity contribution is -0.120. The van der Waals surface area contributed by atoms with Crippen LogP contribution in [0, 0.1) is 0 Å². The molecule has 0 spiro atoms. The van der Waals surface area contributed by atoms with E-state index in [-0.39, 0.29) is 18.2 Å². The van der Waals surface area contributed by atoms with Gasteiger partial charge in [0.1, 0.15) is 0 Å². The highest BCUT2D eigenvalue weighted by Gasteiger charge is 2.13. The van der Waals surface area contributed by atoms with Gasteiger partial charge in [-0.25, -0.2) is 13.1 Å². The largest absolute Gasteiger partial charge is 0.383 e. The van der Waals surface area contributed by atoms with E-state index in [0.29, 0.717) is 18.7 Å². The standard InChI is InChI=1S/C12H17BrN2O4S/c1-19-7-6-14-12(16)8-15-20(17,18)9-10-2-4-11(13)5-3-10/h2-5,15H,6-9H2,1H3,(H,14,16). The van der Waals surface area contributed by atoms with E-state index in [2.05, 4.69) is 26.0 Å². The first-order valence-electron chi connectivity index (χ1n) is 5.90. The van der Waals surface area contributed by atoms with E-state index in [9.17, 15) is 13.2 Å². The molecule has 0 saturated heterocycles. The lowest BCUT2D eigenvalue weighted by Crippen LogP contribution is -2.38. The average molecular weight is 365 g/mol. The second kappa shape index (κ2) is 8.35. The molecular weight excluding hydrogens is 348 g/mol. The van der Waals surface area contributed by atoms with Crippen molar-refractivity contribution in [3.63, 3.8) is 0 Å². The number of sulfonamides is 1. The zero-order valence-corrected chi connectivity index (χ0v) is 13.5. The van der Waals surface area contributed by atoms with Gasteiger partial charge in [0.2, 0.25) is 15.9 Å². The second-order valence-electron chi connectivity index (χ2n) is 4.05. The number of carbonyl (C=O) groups is 1. The van der Waals surface area contributed by atoms with Gasteiger partial charge in [-0.2, -0.15) is 0 Å². The first-order valence-corrected chi connectivity index (χ1v) is 8.35. The van der Waals surface area contributed by atoms with E-state index in [4.69, 9.17) is 4.74 Å². The van der Waals surface area contributed by atoms with Crippen molar-refractivity contribution < 1.29 is 17.9 Å². The fourth-order valence-electron chi connectivity index (χ4n) is 1.38. The van der Waals surface area contributed by atoms with E-state index in [1.165, 1.54) is 7.11 Å². The highest BCUT2D eigenvalue weighted by molar-refractivity contribution is 9.10. The lowest BCUT2D eigenvalue weighted by atomic mass is 10.2. The maximum Gasteiger partial charge on any atom is 0.235 e. The minimum Gasteiger partial charge on any atom is -0.383 e. The number of halogens is 1. The molecule has 1 aromatic carbocycles. The molecule has 0 atom stereocenters. The molecule has 2 N–H and O–H groups in total. The Balaban J connectivity index is 2.41. The molecule has 6 nitrogen and oxygen atoms in total. The van der Waals surface area contributed by atoms with E-state index in [1.807, 2.05) is 0 Å². The van der Waals surface area contributed by atoms with E-state index < -0.39 is 10.0 Å². The molecule has 0 fully saturated rings. The molecule has 8 heteroatoms. The van der Waals surface area contributed by atoms with E-state index >= 15 is 0 Å². The third-order valence-electron chi connectivity index (χ3n) is 2.35. The van der Waals surface area contributed by atoms with Crippen LogP contribution in [-0.4, -0.2) is 41.1 Å². The zero-order chi connectivity index (χ0) is 15.0.